The lowest BCUT2D eigenvalue weighted by atomic mass is 10.0. The van der Waals surface area contributed by atoms with E-state index in [1.165, 1.54) is 0 Å². The average Bonchev–Trinajstić information content (AvgIpc) is 2.15. The molecule has 0 radical (unpaired) electrons. The van der Waals surface area contributed by atoms with Crippen molar-refractivity contribution in [2.24, 2.45) is 5.73 Å². The molecule has 5 nitrogen and oxygen atoms in total. The lowest BCUT2D eigenvalue weighted by Crippen LogP contribution is -2.53. The number of hydrogen-bond donors (Lipinski definition) is 1. The average molecular weight is 267 g/mol. The number of ether oxygens (including phenoxy) is 2. The summed E-state index contributed by atoms with van der Waals surface area (Å²) >= 11 is 0. The molecule has 1 aliphatic rings. The molecule has 6 heteroatoms. The van der Waals surface area contributed by atoms with Gasteiger partial charge in [-0.05, 0) is 27.2 Å². The summed E-state index contributed by atoms with van der Waals surface area (Å²) in [6.07, 6.45) is 0.361. The summed E-state index contributed by atoms with van der Waals surface area (Å²) in [5.41, 5.74) is 5.42. The molecule has 1 fully saturated rings. The van der Waals surface area contributed by atoms with Gasteiger partial charge < -0.3 is 20.1 Å². The van der Waals surface area contributed by atoms with Gasteiger partial charge in [0.1, 0.15) is 5.60 Å². The first kappa shape index (κ1) is 16.5. The zero-order chi connectivity index (χ0) is 12.3. The molecule has 1 amide bonds. The summed E-state index contributed by atoms with van der Waals surface area (Å²) in [4.78, 5) is 13.4. The molecule has 102 valence electrons. The lowest BCUT2D eigenvalue weighted by Gasteiger charge is -2.36. The first-order valence-corrected chi connectivity index (χ1v) is 5.60. The van der Waals surface area contributed by atoms with E-state index in [0.29, 0.717) is 13.1 Å². The van der Waals surface area contributed by atoms with Crippen LogP contribution in [0.2, 0.25) is 0 Å². The number of carbonyl (C=O) groups excluding carboxylic acids is 1. The number of nitrogens with two attached hydrogens (primary N) is 1. The molecule has 0 bridgehead atoms. The largest absolute Gasteiger partial charge is 0.444 e. The van der Waals surface area contributed by atoms with E-state index in [0.717, 1.165) is 6.42 Å². The van der Waals surface area contributed by atoms with Crippen LogP contribution in [0.1, 0.15) is 27.2 Å². The fourth-order valence-electron chi connectivity index (χ4n) is 1.68. The second-order valence-electron chi connectivity index (χ2n) is 5.15. The van der Waals surface area contributed by atoms with Crippen molar-refractivity contribution in [2.45, 2.75) is 44.9 Å². The van der Waals surface area contributed by atoms with Crippen LogP contribution in [0.15, 0.2) is 0 Å². The normalized spacial score (nSPS) is 25.1. The van der Waals surface area contributed by atoms with Crippen molar-refractivity contribution in [3.63, 3.8) is 0 Å². The SMILES string of the molecule is CO[C@@H]1CN(C(=O)OC(C)(C)C)CC[C@@H]1N.Cl. The smallest absolute Gasteiger partial charge is 0.410 e. The molecule has 17 heavy (non-hydrogen) atoms. The number of amides is 1. The topological polar surface area (TPSA) is 64.8 Å². The van der Waals surface area contributed by atoms with E-state index >= 15 is 0 Å². The number of hydrogen-bond acceptors (Lipinski definition) is 4. The predicted molar refractivity (Wildman–Crippen MR) is 68.4 cm³/mol. The molecule has 0 aliphatic carbocycles. The minimum Gasteiger partial charge on any atom is -0.444 e. The molecular weight excluding hydrogens is 244 g/mol. The highest BCUT2D eigenvalue weighted by molar-refractivity contribution is 5.85. The van der Waals surface area contributed by atoms with Crippen molar-refractivity contribution in [3.05, 3.63) is 0 Å². The number of carbonyl (C=O) groups is 1. The van der Waals surface area contributed by atoms with Crippen molar-refractivity contribution >= 4 is 18.5 Å². The van der Waals surface area contributed by atoms with Crippen molar-refractivity contribution in [1.29, 1.82) is 0 Å². The summed E-state index contributed by atoms with van der Waals surface area (Å²) in [6.45, 7) is 6.71. The maximum atomic E-state index is 11.8. The van der Waals surface area contributed by atoms with E-state index in [-0.39, 0.29) is 30.6 Å². The van der Waals surface area contributed by atoms with Crippen LogP contribution >= 0.6 is 12.4 Å². The third-order valence-corrected chi connectivity index (χ3v) is 2.56. The van der Waals surface area contributed by atoms with Gasteiger partial charge in [-0.2, -0.15) is 0 Å². The maximum absolute atomic E-state index is 11.8. The number of likely N-dealkylation sites (tertiary alicyclic amines) is 1. The van der Waals surface area contributed by atoms with Gasteiger partial charge in [0.15, 0.2) is 0 Å². The van der Waals surface area contributed by atoms with Crippen molar-refractivity contribution in [3.8, 4) is 0 Å². The van der Waals surface area contributed by atoms with Gasteiger partial charge in [0.05, 0.1) is 12.6 Å². The molecule has 2 N–H and O–H groups in total. The van der Waals surface area contributed by atoms with E-state index < -0.39 is 5.60 Å². The maximum Gasteiger partial charge on any atom is 0.410 e. The minimum absolute atomic E-state index is 0. The fraction of sp³-hybridized carbons (Fsp3) is 0.909. The van der Waals surface area contributed by atoms with Crippen molar-refractivity contribution < 1.29 is 14.3 Å². The third-order valence-electron chi connectivity index (χ3n) is 2.56. The highest BCUT2D eigenvalue weighted by Gasteiger charge is 2.31. The van der Waals surface area contributed by atoms with Gasteiger partial charge >= 0.3 is 6.09 Å². The molecule has 0 aromatic carbocycles. The number of nitrogens with zero attached hydrogens (tertiary/aromatic N) is 1. The first-order chi connectivity index (χ1) is 7.33. The van der Waals surface area contributed by atoms with E-state index in [2.05, 4.69) is 0 Å². The van der Waals surface area contributed by atoms with E-state index in [1.54, 1.807) is 12.0 Å². The van der Waals surface area contributed by atoms with E-state index in [1.807, 2.05) is 20.8 Å². The Morgan fingerprint density at radius 3 is 2.47 bits per heavy atom. The highest BCUT2D eigenvalue weighted by atomic mass is 35.5. The summed E-state index contributed by atoms with van der Waals surface area (Å²) in [7, 11) is 1.61. The van der Waals surface area contributed by atoms with Crippen LogP contribution in [0.5, 0.6) is 0 Å². The van der Waals surface area contributed by atoms with Crippen molar-refractivity contribution in [2.75, 3.05) is 20.2 Å². The zero-order valence-corrected chi connectivity index (χ0v) is 11.8. The van der Waals surface area contributed by atoms with Gasteiger partial charge in [0.25, 0.3) is 0 Å². The molecule has 0 saturated carbocycles. The van der Waals surface area contributed by atoms with Gasteiger partial charge in [-0.1, -0.05) is 0 Å². The molecule has 0 aromatic heterocycles. The van der Waals surface area contributed by atoms with Crippen molar-refractivity contribution in [1.82, 2.24) is 4.90 Å². The molecule has 2 atom stereocenters. The standard InChI is InChI=1S/C11H22N2O3.ClH/c1-11(2,3)16-10(14)13-6-5-8(12)9(7-13)15-4;/h8-9H,5-7,12H2,1-4H3;1H/t8-,9+;/m0./s1. The van der Waals surface area contributed by atoms with Gasteiger partial charge in [0, 0.05) is 19.7 Å². The van der Waals surface area contributed by atoms with Crippen LogP contribution in [0, 0.1) is 0 Å². The number of methoxy groups -OCH3 is 1. The molecule has 1 aliphatic heterocycles. The Balaban J connectivity index is 0.00000256. The second-order valence-corrected chi connectivity index (χ2v) is 5.15. The minimum atomic E-state index is -0.459. The monoisotopic (exact) mass is 266 g/mol. The molecule has 0 aromatic rings. The number of rotatable bonds is 1. The summed E-state index contributed by atoms with van der Waals surface area (Å²) in [5.74, 6) is 0. The van der Waals surface area contributed by atoms with E-state index in [9.17, 15) is 4.79 Å². The quantitative estimate of drug-likeness (QED) is 0.779. The summed E-state index contributed by atoms with van der Waals surface area (Å²) in [6, 6.07) is 0.00341. The van der Waals surface area contributed by atoms with Gasteiger partial charge in [-0.25, -0.2) is 4.79 Å². The van der Waals surface area contributed by atoms with Crippen LogP contribution in [0.4, 0.5) is 4.79 Å². The van der Waals surface area contributed by atoms with Gasteiger partial charge in [-0.15, -0.1) is 12.4 Å². The second kappa shape index (κ2) is 6.42. The first-order valence-electron chi connectivity index (χ1n) is 5.60. The Labute approximate surface area is 109 Å². The molecule has 1 saturated heterocycles. The van der Waals surface area contributed by atoms with Gasteiger partial charge in [-0.3, -0.25) is 0 Å². The third kappa shape index (κ3) is 5.10. The Kier molecular flexibility index (Phi) is 6.23. The Bertz CT molecular complexity index is 256. The Morgan fingerprint density at radius 1 is 1.41 bits per heavy atom. The van der Waals surface area contributed by atoms with E-state index in [4.69, 9.17) is 15.2 Å². The van der Waals surface area contributed by atoms with Crippen LogP contribution in [0.3, 0.4) is 0 Å². The fourth-order valence-corrected chi connectivity index (χ4v) is 1.68. The highest BCUT2D eigenvalue weighted by Crippen LogP contribution is 2.16. The summed E-state index contributed by atoms with van der Waals surface area (Å²) in [5, 5.41) is 0. The zero-order valence-electron chi connectivity index (χ0n) is 10.9. The number of piperidine rings is 1. The molecular formula is C11H23ClN2O3. The van der Waals surface area contributed by atoms with Crippen LogP contribution in [-0.4, -0.2) is 48.9 Å². The summed E-state index contributed by atoms with van der Waals surface area (Å²) < 4.78 is 10.5. The molecule has 1 rings (SSSR count). The predicted octanol–water partition coefficient (Wildman–Crippen LogP) is 1.39. The lowest BCUT2D eigenvalue weighted by molar-refractivity contribution is -0.0126. The molecule has 1 heterocycles. The Morgan fingerprint density at radius 2 is 2.00 bits per heavy atom. The molecule has 0 unspecified atom stereocenters. The number of halogens is 1. The van der Waals surface area contributed by atoms with Gasteiger partial charge in [0.2, 0.25) is 0 Å². The van der Waals surface area contributed by atoms with Crippen LogP contribution in [0.25, 0.3) is 0 Å². The van der Waals surface area contributed by atoms with Crippen LogP contribution in [-0.2, 0) is 9.47 Å². The Hall–Kier alpha value is -0.520. The van der Waals surface area contributed by atoms with Crippen LogP contribution < -0.4 is 5.73 Å². The molecule has 0 spiro atoms.